The lowest BCUT2D eigenvalue weighted by molar-refractivity contribution is -0.0376. The maximum absolute atomic E-state index is 5.57. The van der Waals surface area contributed by atoms with Crippen molar-refractivity contribution >= 4 is 0 Å². The first-order valence-electron chi connectivity index (χ1n) is 9.05. The fourth-order valence-electron chi connectivity index (χ4n) is 4.14. The van der Waals surface area contributed by atoms with Crippen molar-refractivity contribution in [2.75, 3.05) is 32.8 Å². The highest BCUT2D eigenvalue weighted by atomic mass is 16.5. The third-order valence-electron chi connectivity index (χ3n) is 5.53. The van der Waals surface area contributed by atoms with Gasteiger partial charge in [0.05, 0.1) is 24.6 Å². The number of nitrogens with one attached hydrogen (secondary N) is 1. The Morgan fingerprint density at radius 1 is 1.17 bits per heavy atom. The quantitative estimate of drug-likeness (QED) is 0.904. The molecule has 23 heavy (non-hydrogen) atoms. The van der Waals surface area contributed by atoms with Gasteiger partial charge in [-0.3, -0.25) is 14.9 Å². The molecule has 0 aromatic carbocycles. The molecule has 0 radical (unpaired) electrons. The monoisotopic (exact) mass is 318 g/mol. The molecule has 3 rings (SSSR count). The van der Waals surface area contributed by atoms with Crippen LogP contribution in [0.25, 0.3) is 0 Å². The van der Waals surface area contributed by atoms with Gasteiger partial charge in [-0.2, -0.15) is 0 Å². The second kappa shape index (κ2) is 7.69. The van der Waals surface area contributed by atoms with Crippen molar-refractivity contribution in [2.45, 2.75) is 57.5 Å². The van der Waals surface area contributed by atoms with Gasteiger partial charge in [-0.1, -0.05) is 19.3 Å². The van der Waals surface area contributed by atoms with E-state index in [0.717, 1.165) is 44.2 Å². The molecular weight excluding hydrogens is 288 g/mol. The van der Waals surface area contributed by atoms with E-state index in [2.05, 4.69) is 27.1 Å². The Morgan fingerprint density at radius 3 is 2.57 bits per heavy atom. The van der Waals surface area contributed by atoms with Gasteiger partial charge >= 0.3 is 0 Å². The summed E-state index contributed by atoms with van der Waals surface area (Å²) in [5.41, 5.74) is 2.39. The fraction of sp³-hybridized carbons (Fsp3) is 0.778. The molecule has 1 aromatic rings. The van der Waals surface area contributed by atoms with Crippen molar-refractivity contribution in [1.29, 1.82) is 0 Å². The van der Waals surface area contributed by atoms with Gasteiger partial charge in [0.15, 0.2) is 0 Å². The van der Waals surface area contributed by atoms with Gasteiger partial charge < -0.3 is 10.1 Å². The van der Waals surface area contributed by atoms with Crippen molar-refractivity contribution in [2.24, 2.45) is 0 Å². The highest BCUT2D eigenvalue weighted by molar-refractivity contribution is 5.12. The van der Waals surface area contributed by atoms with E-state index in [1.54, 1.807) is 12.4 Å². The first kappa shape index (κ1) is 16.8. The van der Waals surface area contributed by atoms with Crippen LogP contribution in [0.15, 0.2) is 12.4 Å². The van der Waals surface area contributed by atoms with Crippen molar-refractivity contribution in [3.63, 3.8) is 0 Å². The van der Waals surface area contributed by atoms with E-state index < -0.39 is 0 Å². The van der Waals surface area contributed by atoms with Crippen LogP contribution in [0.3, 0.4) is 0 Å². The van der Waals surface area contributed by atoms with Crippen LogP contribution >= 0.6 is 0 Å². The topological polar surface area (TPSA) is 50.3 Å². The molecule has 128 valence electrons. The molecule has 1 aliphatic heterocycles. The smallest absolute Gasteiger partial charge is 0.0782 e. The zero-order valence-corrected chi connectivity index (χ0v) is 14.6. The molecule has 2 fully saturated rings. The predicted molar refractivity (Wildman–Crippen MR) is 91.4 cm³/mol. The summed E-state index contributed by atoms with van der Waals surface area (Å²) in [5.74, 6) is 0. The first-order chi connectivity index (χ1) is 11.2. The second-order valence-electron chi connectivity index (χ2n) is 7.01. The maximum Gasteiger partial charge on any atom is 0.0782 e. The number of aryl methyl sites for hydroxylation is 1. The molecule has 2 aliphatic rings. The fourth-order valence-corrected chi connectivity index (χ4v) is 4.14. The summed E-state index contributed by atoms with van der Waals surface area (Å²) in [7, 11) is 0. The average Bonchev–Trinajstić information content (AvgIpc) is 2.62. The Balaban J connectivity index is 1.67. The molecule has 1 saturated heterocycles. The predicted octanol–water partition coefficient (Wildman–Crippen LogP) is 2.47. The molecule has 1 aromatic heterocycles. The van der Waals surface area contributed by atoms with E-state index in [9.17, 15) is 0 Å². The number of ether oxygens (including phenoxy) is 1. The minimum Gasteiger partial charge on any atom is -0.379 e. The molecule has 1 unspecified atom stereocenters. The van der Waals surface area contributed by atoms with Gasteiger partial charge in [-0.25, -0.2) is 0 Å². The molecule has 0 spiro atoms. The van der Waals surface area contributed by atoms with Crippen LogP contribution < -0.4 is 5.32 Å². The van der Waals surface area contributed by atoms with Gasteiger partial charge in [0, 0.05) is 43.6 Å². The Bertz CT molecular complexity index is 496. The summed E-state index contributed by atoms with van der Waals surface area (Å²) < 4.78 is 5.57. The van der Waals surface area contributed by atoms with Crippen LogP contribution in [-0.2, 0) is 4.74 Å². The highest BCUT2D eigenvalue weighted by Gasteiger charge is 2.38. The molecule has 5 heteroatoms. The molecule has 0 amide bonds. The van der Waals surface area contributed by atoms with Crippen molar-refractivity contribution in [3.05, 3.63) is 23.8 Å². The summed E-state index contributed by atoms with van der Waals surface area (Å²) in [5, 5.41) is 3.76. The lowest BCUT2D eigenvalue weighted by Gasteiger charge is -2.48. The van der Waals surface area contributed by atoms with E-state index in [1.807, 2.05) is 6.92 Å². The van der Waals surface area contributed by atoms with E-state index in [4.69, 9.17) is 4.74 Å². The van der Waals surface area contributed by atoms with Gasteiger partial charge in [0.25, 0.3) is 0 Å². The van der Waals surface area contributed by atoms with Crippen LogP contribution in [-0.4, -0.2) is 53.3 Å². The minimum atomic E-state index is 0.239. The zero-order chi connectivity index (χ0) is 16.1. The number of hydrogen-bond acceptors (Lipinski definition) is 5. The summed E-state index contributed by atoms with van der Waals surface area (Å²) >= 11 is 0. The van der Waals surface area contributed by atoms with Crippen molar-refractivity contribution in [1.82, 2.24) is 20.2 Å². The van der Waals surface area contributed by atoms with E-state index >= 15 is 0 Å². The Hall–Kier alpha value is -1.04. The van der Waals surface area contributed by atoms with Gasteiger partial charge in [0.1, 0.15) is 0 Å². The number of nitrogens with zero attached hydrogens (tertiary/aromatic N) is 3. The molecule has 0 bridgehead atoms. The molecular formula is C18H30N4O. The van der Waals surface area contributed by atoms with E-state index in [0.29, 0.717) is 5.54 Å². The van der Waals surface area contributed by atoms with E-state index in [1.165, 1.54) is 32.1 Å². The van der Waals surface area contributed by atoms with Crippen LogP contribution in [0.5, 0.6) is 0 Å². The van der Waals surface area contributed by atoms with Crippen molar-refractivity contribution in [3.8, 4) is 0 Å². The molecule has 1 N–H and O–H groups in total. The normalized spacial score (nSPS) is 23.6. The van der Waals surface area contributed by atoms with Gasteiger partial charge in [-0.05, 0) is 26.7 Å². The molecule has 1 aliphatic carbocycles. The standard InChI is InChI=1S/C18H30N4O/c1-15-17(20-9-8-19-15)16(2)21-14-18(6-4-3-5-7-18)22-10-12-23-13-11-22/h8-9,16,21H,3-7,10-14H2,1-2H3. The lowest BCUT2D eigenvalue weighted by atomic mass is 9.79. The second-order valence-corrected chi connectivity index (χ2v) is 7.01. The largest absolute Gasteiger partial charge is 0.379 e. The number of hydrogen-bond donors (Lipinski definition) is 1. The highest BCUT2D eigenvalue weighted by Crippen LogP contribution is 2.34. The van der Waals surface area contributed by atoms with Crippen LogP contribution in [0.4, 0.5) is 0 Å². The van der Waals surface area contributed by atoms with Crippen molar-refractivity contribution < 1.29 is 4.74 Å². The zero-order valence-electron chi connectivity index (χ0n) is 14.6. The SMILES string of the molecule is Cc1nccnc1C(C)NCC1(N2CCOCC2)CCCCC1. The Labute approximate surface area is 139 Å². The lowest BCUT2D eigenvalue weighted by Crippen LogP contribution is -2.59. The Morgan fingerprint density at radius 2 is 1.87 bits per heavy atom. The summed E-state index contributed by atoms with van der Waals surface area (Å²) in [6, 6.07) is 0.239. The Kier molecular flexibility index (Phi) is 5.62. The number of morpholine rings is 1. The molecule has 1 saturated carbocycles. The number of aromatic nitrogens is 2. The molecule has 1 atom stereocenters. The minimum absolute atomic E-state index is 0.239. The third-order valence-corrected chi connectivity index (χ3v) is 5.53. The maximum atomic E-state index is 5.57. The molecule has 2 heterocycles. The summed E-state index contributed by atoms with van der Waals surface area (Å²) in [4.78, 5) is 11.6. The average molecular weight is 318 g/mol. The van der Waals surface area contributed by atoms with Gasteiger partial charge in [0.2, 0.25) is 0 Å². The first-order valence-corrected chi connectivity index (χ1v) is 9.05. The van der Waals surface area contributed by atoms with Crippen LogP contribution in [0.2, 0.25) is 0 Å². The summed E-state index contributed by atoms with van der Waals surface area (Å²) in [6.45, 7) is 9.16. The number of rotatable bonds is 5. The van der Waals surface area contributed by atoms with E-state index in [-0.39, 0.29) is 6.04 Å². The third kappa shape index (κ3) is 3.90. The molecule has 5 nitrogen and oxygen atoms in total. The van der Waals surface area contributed by atoms with Crippen LogP contribution in [0.1, 0.15) is 56.5 Å². The summed E-state index contributed by atoms with van der Waals surface area (Å²) in [6.07, 6.45) is 10.2. The van der Waals surface area contributed by atoms with Crippen LogP contribution in [0, 0.1) is 6.92 Å². The van der Waals surface area contributed by atoms with Gasteiger partial charge in [-0.15, -0.1) is 0 Å².